The quantitative estimate of drug-likeness (QED) is 0.113. The molecule has 12 nitrogen and oxygen atoms in total. The van der Waals surface area contributed by atoms with E-state index in [1.54, 1.807) is 0 Å². The van der Waals surface area contributed by atoms with Crippen LogP contribution in [0.2, 0.25) is 0 Å². The zero-order valence-corrected chi connectivity index (χ0v) is 67.6. The van der Waals surface area contributed by atoms with Gasteiger partial charge in [0.15, 0.2) is 0 Å². The highest BCUT2D eigenvalue weighted by Gasteiger charge is 2.18. The molecule has 0 spiro atoms. The monoisotopic (exact) mass is 1600 g/mol. The Hall–Kier alpha value is -17.2. The zero-order valence-electron chi connectivity index (χ0n) is 67.6. The second-order valence-corrected chi connectivity index (χ2v) is 32.0. The number of benzene rings is 13. The molecule has 0 radical (unpaired) electrons. The molecule has 12 aromatic heterocycles. The van der Waals surface area contributed by atoms with Gasteiger partial charge in [0.1, 0.15) is 0 Å². The molecular formula is C114H68N12. The largest absolute Gasteiger partial charge is 0.256 e. The highest BCUT2D eigenvalue weighted by Crippen LogP contribution is 2.40. The predicted octanol–water partition coefficient (Wildman–Crippen LogP) is 28.3. The van der Waals surface area contributed by atoms with Crippen LogP contribution >= 0.6 is 0 Å². The third-order valence-corrected chi connectivity index (χ3v) is 24.2. The van der Waals surface area contributed by atoms with Crippen LogP contribution in [0.25, 0.3) is 254 Å². The van der Waals surface area contributed by atoms with Gasteiger partial charge in [0.05, 0.1) is 106 Å². The molecule has 0 bridgehead atoms. The van der Waals surface area contributed by atoms with Gasteiger partial charge < -0.3 is 0 Å². The molecule has 0 aliphatic rings. The maximum Gasteiger partial charge on any atom is 0.0972 e. The van der Waals surface area contributed by atoms with Crippen molar-refractivity contribution >= 4 is 131 Å². The standard InChI is InChI=1S/C60H36N6.C54H32N6/c1-3-12-52-41(7-1)30-50(35-62-52)47-32-48(51-31-42-8-2-4-13-53(42)63-36-51)34-49(33-47)58-25-20-46-28-40(18-23-56(46)65-58)39-17-22-55-45(27-39)19-24-54(64-55)43-9-5-10-44(29-43)57-21-16-38-15-14-37-11-6-26-61-59(37)60(38)66-57;1-5-39(31-41(7-1)49-21-15-35-13-11-33-9-3-27-55-51(33)53(35)59-49)45-25-19-43-29-37(17-23-47(43)57-45)38-18-24-48-44(30-38)20-26-46(58-48)40-6-2-8-42(32-40)50-22-16-36-14-12-34-10-4-28-56-52(34)54(36)60-50/h1-36H;1-32H. The summed E-state index contributed by atoms with van der Waals surface area (Å²) >= 11 is 0. The van der Waals surface area contributed by atoms with Gasteiger partial charge in [-0.15, -0.1) is 0 Å². The van der Waals surface area contributed by atoms with E-state index < -0.39 is 0 Å². The number of para-hydroxylation sites is 2. The van der Waals surface area contributed by atoms with Gasteiger partial charge in [0, 0.05) is 146 Å². The third-order valence-electron chi connectivity index (χ3n) is 24.2. The molecule has 12 heteroatoms. The zero-order chi connectivity index (χ0) is 83.1. The molecule has 25 aromatic rings. The minimum atomic E-state index is 0.901. The van der Waals surface area contributed by atoms with E-state index in [1.165, 1.54) is 0 Å². The molecule has 13 aromatic carbocycles. The summed E-state index contributed by atoms with van der Waals surface area (Å²) in [5.41, 5.74) is 33.6. The number of rotatable bonds is 11. The van der Waals surface area contributed by atoms with Crippen LogP contribution in [0.1, 0.15) is 0 Å². The first-order valence-corrected chi connectivity index (χ1v) is 42.0. The normalized spacial score (nSPS) is 11.7. The molecule has 0 atom stereocenters. The number of fused-ring (bicyclic) bond motifs is 15. The fraction of sp³-hybridized carbons (Fsp3) is 0. The molecule has 0 fully saturated rings. The van der Waals surface area contributed by atoms with E-state index >= 15 is 0 Å². The van der Waals surface area contributed by atoms with Crippen molar-refractivity contribution in [2.45, 2.75) is 0 Å². The maximum atomic E-state index is 5.24. The Morgan fingerprint density at radius 1 is 0.119 bits per heavy atom. The van der Waals surface area contributed by atoms with Crippen molar-refractivity contribution in [2.24, 2.45) is 0 Å². The van der Waals surface area contributed by atoms with Crippen molar-refractivity contribution in [3.63, 3.8) is 0 Å². The van der Waals surface area contributed by atoms with Gasteiger partial charge in [0.25, 0.3) is 0 Å². The van der Waals surface area contributed by atoms with Gasteiger partial charge in [-0.25, -0.2) is 34.9 Å². The summed E-state index contributed by atoms with van der Waals surface area (Å²) in [6.45, 7) is 0. The van der Waals surface area contributed by atoms with Crippen LogP contribution in [0.15, 0.2) is 413 Å². The summed E-state index contributed by atoms with van der Waals surface area (Å²) in [6, 6.07) is 133. The highest BCUT2D eigenvalue weighted by atomic mass is 14.8. The van der Waals surface area contributed by atoms with E-state index in [0.717, 1.165) is 254 Å². The Morgan fingerprint density at radius 3 is 0.683 bits per heavy atom. The number of hydrogen-bond acceptors (Lipinski definition) is 12. The van der Waals surface area contributed by atoms with E-state index in [0.29, 0.717) is 0 Å². The second-order valence-electron chi connectivity index (χ2n) is 32.0. The van der Waals surface area contributed by atoms with Crippen LogP contribution in [0.4, 0.5) is 0 Å². The molecule has 0 saturated carbocycles. The fourth-order valence-corrected chi connectivity index (χ4v) is 17.6. The minimum absolute atomic E-state index is 0.901. The molecule has 0 saturated heterocycles. The van der Waals surface area contributed by atoms with Gasteiger partial charge in [-0.05, 0) is 203 Å². The maximum absolute atomic E-state index is 5.24. The summed E-state index contributed by atoms with van der Waals surface area (Å²) in [4.78, 5) is 59.3. The molecule has 25 rings (SSSR count). The van der Waals surface area contributed by atoms with Crippen molar-refractivity contribution in [3.05, 3.63) is 413 Å². The van der Waals surface area contributed by atoms with Crippen molar-refractivity contribution in [2.75, 3.05) is 0 Å². The molecular weight excluding hydrogens is 1540 g/mol. The molecule has 0 unspecified atom stereocenters. The Kier molecular flexibility index (Phi) is 17.6. The van der Waals surface area contributed by atoms with Gasteiger partial charge in [-0.3, -0.25) is 24.9 Å². The van der Waals surface area contributed by atoms with E-state index in [1.807, 2.05) is 73.4 Å². The number of aromatic nitrogens is 12. The van der Waals surface area contributed by atoms with Crippen LogP contribution in [0.5, 0.6) is 0 Å². The number of pyridine rings is 12. The molecule has 584 valence electrons. The first-order valence-electron chi connectivity index (χ1n) is 42.0. The van der Waals surface area contributed by atoms with Gasteiger partial charge >= 0.3 is 0 Å². The van der Waals surface area contributed by atoms with Gasteiger partial charge in [-0.2, -0.15) is 0 Å². The van der Waals surface area contributed by atoms with Crippen LogP contribution in [0.3, 0.4) is 0 Å². The second kappa shape index (κ2) is 30.5. The molecule has 0 aliphatic heterocycles. The van der Waals surface area contributed by atoms with Gasteiger partial charge in [-0.1, -0.05) is 212 Å². The van der Waals surface area contributed by atoms with Crippen LogP contribution in [-0.4, -0.2) is 59.8 Å². The molecule has 0 amide bonds. The molecule has 12 heterocycles. The SMILES string of the molecule is c1cc(-c2ccc3cc(-c4ccc5nc(-c6cc(-c7cnc8ccccc8c7)cc(-c7cnc8ccccc8c7)c6)ccc5c4)ccc3n2)cc(-c2ccc3ccc4cccnc4c3n2)c1.c1cc(-c2ccc3cc(-c4ccc5nc(-c6cccc(-c7ccc8ccc9cccnc9c8n7)c6)ccc5c4)ccc3n2)cc(-c2ccc3ccc4cccnc4c3n2)c1. The van der Waals surface area contributed by atoms with Crippen LogP contribution in [0, 0.1) is 0 Å². The summed E-state index contributed by atoms with van der Waals surface area (Å²) in [5, 5.41) is 13.0. The van der Waals surface area contributed by atoms with Crippen molar-refractivity contribution in [1.82, 2.24) is 59.8 Å². The Balaban J connectivity index is 0.000000142. The number of hydrogen-bond donors (Lipinski definition) is 0. The lowest BCUT2D eigenvalue weighted by Gasteiger charge is -2.12. The topological polar surface area (TPSA) is 155 Å². The van der Waals surface area contributed by atoms with E-state index in [9.17, 15) is 0 Å². The highest BCUT2D eigenvalue weighted by molar-refractivity contribution is 6.07. The van der Waals surface area contributed by atoms with Crippen molar-refractivity contribution < 1.29 is 0 Å². The van der Waals surface area contributed by atoms with Crippen molar-refractivity contribution in [3.8, 4) is 123 Å². The Labute approximate surface area is 722 Å². The van der Waals surface area contributed by atoms with E-state index in [4.69, 9.17) is 44.9 Å². The molecule has 0 N–H and O–H groups in total. The Morgan fingerprint density at radius 2 is 0.357 bits per heavy atom. The van der Waals surface area contributed by atoms with Crippen molar-refractivity contribution in [1.29, 1.82) is 0 Å². The number of nitrogens with zero attached hydrogens (tertiary/aromatic N) is 12. The summed E-state index contributed by atoms with van der Waals surface area (Å²) in [5.74, 6) is 0. The van der Waals surface area contributed by atoms with E-state index in [2.05, 4.69) is 355 Å². The minimum Gasteiger partial charge on any atom is -0.256 e. The average Bonchev–Trinajstić information content (AvgIpc) is 0.785. The smallest absolute Gasteiger partial charge is 0.0972 e. The summed E-state index contributed by atoms with van der Waals surface area (Å²) in [6.07, 6.45) is 9.40. The third kappa shape index (κ3) is 13.7. The predicted molar refractivity (Wildman–Crippen MR) is 516 cm³/mol. The van der Waals surface area contributed by atoms with Crippen LogP contribution in [-0.2, 0) is 0 Å². The Bertz CT molecular complexity index is 8450. The fourth-order valence-electron chi connectivity index (χ4n) is 17.6. The van der Waals surface area contributed by atoms with E-state index in [-0.39, 0.29) is 0 Å². The lowest BCUT2D eigenvalue weighted by atomic mass is 9.94. The lowest BCUT2D eigenvalue weighted by molar-refractivity contribution is 1.36. The van der Waals surface area contributed by atoms with Crippen LogP contribution < -0.4 is 0 Å². The molecule has 0 aliphatic carbocycles. The lowest BCUT2D eigenvalue weighted by Crippen LogP contribution is -1.91. The first-order chi connectivity index (χ1) is 62.3. The van der Waals surface area contributed by atoms with Gasteiger partial charge in [0.2, 0.25) is 0 Å². The summed E-state index contributed by atoms with van der Waals surface area (Å²) < 4.78 is 0. The summed E-state index contributed by atoms with van der Waals surface area (Å²) in [7, 11) is 0. The molecule has 126 heavy (non-hydrogen) atoms. The first kappa shape index (κ1) is 72.8. The average molecular weight is 1610 g/mol.